The minimum absolute atomic E-state index is 0.0706. The summed E-state index contributed by atoms with van der Waals surface area (Å²) in [7, 11) is 1.62. The van der Waals surface area contributed by atoms with E-state index in [0.717, 1.165) is 31.8 Å². The van der Waals surface area contributed by atoms with Gasteiger partial charge in [-0.15, -0.1) is 0 Å². The maximum Gasteiger partial charge on any atom is 0.254 e. The van der Waals surface area contributed by atoms with E-state index in [-0.39, 0.29) is 5.91 Å². The molecule has 1 amide bonds. The van der Waals surface area contributed by atoms with Gasteiger partial charge in [0, 0.05) is 43.0 Å². The first-order valence-electron chi connectivity index (χ1n) is 8.56. The van der Waals surface area contributed by atoms with E-state index >= 15 is 0 Å². The third-order valence-electron chi connectivity index (χ3n) is 4.65. The Balaban J connectivity index is 1.77. The second-order valence-corrected chi connectivity index (χ2v) is 6.61. The molecule has 1 saturated heterocycles. The number of imidazole rings is 1. The van der Waals surface area contributed by atoms with E-state index in [9.17, 15) is 4.79 Å². The van der Waals surface area contributed by atoms with Crippen LogP contribution in [-0.2, 0) is 0 Å². The molecule has 0 aliphatic carbocycles. The highest BCUT2D eigenvalue weighted by molar-refractivity contribution is 5.94. The molecule has 1 atom stereocenters. The Hall–Kier alpha value is -2.30. The average Bonchev–Trinajstić information content (AvgIpc) is 3.11. The summed E-state index contributed by atoms with van der Waals surface area (Å²) in [5.41, 5.74) is 0.683. The van der Waals surface area contributed by atoms with Gasteiger partial charge in [0.05, 0.1) is 7.11 Å². The number of likely N-dealkylation sites (tertiary alicyclic amines) is 1. The molecule has 1 fully saturated rings. The summed E-state index contributed by atoms with van der Waals surface area (Å²) in [6, 6.07) is 7.76. The van der Waals surface area contributed by atoms with Crippen LogP contribution >= 0.6 is 0 Å². The van der Waals surface area contributed by atoms with Gasteiger partial charge in [-0.25, -0.2) is 4.98 Å². The van der Waals surface area contributed by atoms with Crippen molar-refractivity contribution in [2.45, 2.75) is 38.6 Å². The number of rotatable bonds is 4. The van der Waals surface area contributed by atoms with E-state index in [1.165, 1.54) is 0 Å². The first-order valence-corrected chi connectivity index (χ1v) is 8.56. The molecule has 0 radical (unpaired) electrons. The molecular formula is C19H25N3O2. The molecule has 5 nitrogen and oxygen atoms in total. The minimum atomic E-state index is 0.0706. The first kappa shape index (κ1) is 16.6. The number of carbonyl (C=O) groups is 1. The van der Waals surface area contributed by atoms with Crippen molar-refractivity contribution in [3.63, 3.8) is 0 Å². The molecule has 128 valence electrons. The second-order valence-electron chi connectivity index (χ2n) is 6.61. The smallest absolute Gasteiger partial charge is 0.254 e. The SMILES string of the molecule is COc1cccc(C(=O)N2CCC[C@H](c3nccn3C(C)C)C2)c1. The highest BCUT2D eigenvalue weighted by atomic mass is 16.5. The highest BCUT2D eigenvalue weighted by Gasteiger charge is 2.28. The molecule has 0 saturated carbocycles. The summed E-state index contributed by atoms with van der Waals surface area (Å²) < 4.78 is 7.44. The van der Waals surface area contributed by atoms with Gasteiger partial charge in [0.15, 0.2) is 0 Å². The summed E-state index contributed by atoms with van der Waals surface area (Å²) in [6.45, 7) is 5.84. The number of hydrogen-bond acceptors (Lipinski definition) is 3. The van der Waals surface area contributed by atoms with Gasteiger partial charge in [-0.05, 0) is 44.9 Å². The third-order valence-corrected chi connectivity index (χ3v) is 4.65. The van der Waals surface area contributed by atoms with Crippen LogP contribution in [0.1, 0.15) is 54.8 Å². The fourth-order valence-electron chi connectivity index (χ4n) is 3.39. The Morgan fingerprint density at radius 1 is 1.38 bits per heavy atom. The summed E-state index contributed by atoms with van der Waals surface area (Å²) in [5, 5.41) is 0. The predicted octanol–water partition coefficient (Wildman–Crippen LogP) is 3.49. The lowest BCUT2D eigenvalue weighted by Crippen LogP contribution is -2.39. The lowest BCUT2D eigenvalue weighted by atomic mass is 9.96. The predicted molar refractivity (Wildman–Crippen MR) is 93.5 cm³/mol. The van der Waals surface area contributed by atoms with Crippen LogP contribution in [0.25, 0.3) is 0 Å². The summed E-state index contributed by atoms with van der Waals surface area (Å²) in [4.78, 5) is 19.4. The van der Waals surface area contributed by atoms with Crippen molar-refractivity contribution in [1.82, 2.24) is 14.5 Å². The zero-order valence-electron chi connectivity index (χ0n) is 14.6. The Morgan fingerprint density at radius 3 is 2.96 bits per heavy atom. The topological polar surface area (TPSA) is 47.4 Å². The molecular weight excluding hydrogens is 302 g/mol. The number of nitrogens with zero attached hydrogens (tertiary/aromatic N) is 3. The van der Waals surface area contributed by atoms with E-state index in [0.29, 0.717) is 23.3 Å². The Morgan fingerprint density at radius 2 is 2.21 bits per heavy atom. The molecule has 24 heavy (non-hydrogen) atoms. The number of amides is 1. The van der Waals surface area contributed by atoms with Crippen molar-refractivity contribution in [2.75, 3.05) is 20.2 Å². The lowest BCUT2D eigenvalue weighted by molar-refractivity contribution is 0.0702. The minimum Gasteiger partial charge on any atom is -0.497 e. The molecule has 0 unspecified atom stereocenters. The van der Waals surface area contributed by atoms with Crippen LogP contribution in [0, 0.1) is 0 Å². The number of benzene rings is 1. The molecule has 1 aromatic heterocycles. The van der Waals surface area contributed by atoms with Gasteiger partial charge in [0.25, 0.3) is 5.91 Å². The van der Waals surface area contributed by atoms with Gasteiger partial charge >= 0.3 is 0 Å². The van der Waals surface area contributed by atoms with Crippen LogP contribution in [0.15, 0.2) is 36.7 Å². The van der Waals surface area contributed by atoms with Crippen LogP contribution in [0.5, 0.6) is 5.75 Å². The van der Waals surface area contributed by atoms with Crippen molar-refractivity contribution in [3.8, 4) is 5.75 Å². The normalized spacial score (nSPS) is 18.0. The second kappa shape index (κ2) is 7.07. The summed E-state index contributed by atoms with van der Waals surface area (Å²) in [6.07, 6.45) is 5.97. The zero-order chi connectivity index (χ0) is 17.1. The van der Waals surface area contributed by atoms with E-state index in [2.05, 4.69) is 23.4 Å². The Kier molecular flexibility index (Phi) is 4.88. The van der Waals surface area contributed by atoms with E-state index in [1.807, 2.05) is 35.5 Å². The van der Waals surface area contributed by atoms with Crippen LogP contribution in [0.3, 0.4) is 0 Å². The number of carbonyl (C=O) groups excluding carboxylic acids is 1. The number of aromatic nitrogens is 2. The molecule has 3 rings (SSSR count). The van der Waals surface area contributed by atoms with Gasteiger partial charge in [-0.2, -0.15) is 0 Å². The fourth-order valence-corrected chi connectivity index (χ4v) is 3.39. The largest absolute Gasteiger partial charge is 0.497 e. The monoisotopic (exact) mass is 327 g/mol. The first-order chi connectivity index (χ1) is 11.6. The molecule has 1 aromatic carbocycles. The number of ether oxygens (including phenoxy) is 1. The third kappa shape index (κ3) is 3.30. The van der Waals surface area contributed by atoms with Crippen molar-refractivity contribution in [3.05, 3.63) is 48.0 Å². The van der Waals surface area contributed by atoms with Gasteiger partial charge in [0.2, 0.25) is 0 Å². The van der Waals surface area contributed by atoms with Gasteiger partial charge in [-0.1, -0.05) is 6.07 Å². The van der Waals surface area contributed by atoms with Crippen molar-refractivity contribution in [1.29, 1.82) is 0 Å². The maximum atomic E-state index is 12.8. The van der Waals surface area contributed by atoms with Gasteiger partial charge in [0.1, 0.15) is 11.6 Å². The molecule has 0 N–H and O–H groups in total. The maximum absolute atomic E-state index is 12.8. The molecule has 0 spiro atoms. The summed E-state index contributed by atoms with van der Waals surface area (Å²) >= 11 is 0. The standard InChI is InChI=1S/C19H25N3O2/c1-14(2)22-11-9-20-18(22)16-7-5-10-21(13-16)19(23)15-6-4-8-17(12-15)24-3/h4,6,8-9,11-12,14,16H,5,7,10,13H2,1-3H3/t16-/m0/s1. The average molecular weight is 327 g/mol. The molecule has 1 aliphatic rings. The highest BCUT2D eigenvalue weighted by Crippen LogP contribution is 2.28. The van der Waals surface area contributed by atoms with Crippen LogP contribution in [-0.4, -0.2) is 40.6 Å². The molecule has 2 heterocycles. The van der Waals surface area contributed by atoms with Gasteiger partial charge < -0.3 is 14.2 Å². The van der Waals surface area contributed by atoms with E-state index < -0.39 is 0 Å². The fraction of sp³-hybridized carbons (Fsp3) is 0.474. The summed E-state index contributed by atoms with van der Waals surface area (Å²) in [5.74, 6) is 2.17. The number of methoxy groups -OCH3 is 1. The molecule has 1 aliphatic heterocycles. The van der Waals surface area contributed by atoms with E-state index in [1.54, 1.807) is 13.2 Å². The van der Waals surface area contributed by atoms with Crippen LogP contribution in [0.2, 0.25) is 0 Å². The van der Waals surface area contributed by atoms with Crippen LogP contribution < -0.4 is 4.74 Å². The Bertz CT molecular complexity index is 708. The van der Waals surface area contributed by atoms with E-state index in [4.69, 9.17) is 4.74 Å². The Labute approximate surface area is 143 Å². The molecule has 5 heteroatoms. The van der Waals surface area contributed by atoms with Crippen LogP contribution in [0.4, 0.5) is 0 Å². The molecule has 2 aromatic rings. The molecule has 0 bridgehead atoms. The van der Waals surface area contributed by atoms with Crippen molar-refractivity contribution < 1.29 is 9.53 Å². The number of hydrogen-bond donors (Lipinski definition) is 0. The van der Waals surface area contributed by atoms with Gasteiger partial charge in [-0.3, -0.25) is 4.79 Å². The van der Waals surface area contributed by atoms with Crippen molar-refractivity contribution >= 4 is 5.91 Å². The lowest BCUT2D eigenvalue weighted by Gasteiger charge is -2.33. The zero-order valence-corrected chi connectivity index (χ0v) is 14.6. The number of piperidine rings is 1. The quantitative estimate of drug-likeness (QED) is 0.863. The van der Waals surface area contributed by atoms with Crippen molar-refractivity contribution in [2.24, 2.45) is 0 Å².